The third kappa shape index (κ3) is 5.48. The summed E-state index contributed by atoms with van der Waals surface area (Å²) in [4.78, 5) is 11.9. The molecule has 1 heterocycles. The smallest absolute Gasteiger partial charge is 0.237 e. The van der Waals surface area contributed by atoms with Gasteiger partial charge in [-0.15, -0.1) is 12.4 Å². The molecule has 0 saturated carbocycles. The zero-order valence-corrected chi connectivity index (χ0v) is 13.9. The quantitative estimate of drug-likeness (QED) is 0.744. The predicted octanol–water partition coefficient (Wildman–Crippen LogP) is 1.80. The SMILES string of the molecule is CC(C)Oc1ccc(C(O)CNC(=O)C2CCCN2)cc1.Cl. The molecule has 1 amide bonds. The monoisotopic (exact) mass is 328 g/mol. The van der Waals surface area contributed by atoms with Crippen molar-refractivity contribution < 1.29 is 14.6 Å². The number of halogens is 1. The van der Waals surface area contributed by atoms with Crippen LogP contribution in [0, 0.1) is 0 Å². The second-order valence-corrected chi connectivity index (χ2v) is 5.65. The number of ether oxygens (including phenoxy) is 1. The molecular weight excluding hydrogens is 304 g/mol. The van der Waals surface area contributed by atoms with Gasteiger partial charge >= 0.3 is 0 Å². The van der Waals surface area contributed by atoms with E-state index in [2.05, 4.69) is 10.6 Å². The minimum atomic E-state index is -0.705. The van der Waals surface area contributed by atoms with Crippen molar-refractivity contribution >= 4 is 18.3 Å². The Balaban J connectivity index is 0.00000242. The summed E-state index contributed by atoms with van der Waals surface area (Å²) in [6.45, 7) is 5.05. The first-order valence-corrected chi connectivity index (χ1v) is 7.52. The number of aliphatic hydroxyl groups excluding tert-OH is 1. The van der Waals surface area contributed by atoms with Gasteiger partial charge in [0.15, 0.2) is 0 Å². The number of carbonyl (C=O) groups excluding carboxylic acids is 1. The zero-order valence-electron chi connectivity index (χ0n) is 13.0. The number of rotatable bonds is 6. The maximum atomic E-state index is 11.9. The first-order chi connectivity index (χ1) is 10.1. The molecule has 1 aromatic carbocycles. The molecule has 5 nitrogen and oxygen atoms in total. The summed E-state index contributed by atoms with van der Waals surface area (Å²) in [5, 5.41) is 16.0. The molecule has 2 atom stereocenters. The van der Waals surface area contributed by atoms with Gasteiger partial charge in [-0.1, -0.05) is 12.1 Å². The molecule has 124 valence electrons. The normalized spacial score (nSPS) is 18.6. The Labute approximate surface area is 137 Å². The van der Waals surface area contributed by atoms with Crippen molar-refractivity contribution in [2.75, 3.05) is 13.1 Å². The Hall–Kier alpha value is -1.30. The Morgan fingerprint density at radius 3 is 2.64 bits per heavy atom. The van der Waals surface area contributed by atoms with E-state index >= 15 is 0 Å². The summed E-state index contributed by atoms with van der Waals surface area (Å²) in [5.41, 5.74) is 0.769. The Bertz CT molecular complexity index is 459. The number of hydrogen-bond donors (Lipinski definition) is 3. The van der Waals surface area contributed by atoms with Gasteiger partial charge in [0.1, 0.15) is 5.75 Å². The maximum Gasteiger partial charge on any atom is 0.237 e. The van der Waals surface area contributed by atoms with Crippen LogP contribution in [0.2, 0.25) is 0 Å². The average Bonchev–Trinajstić information content (AvgIpc) is 2.99. The summed E-state index contributed by atoms with van der Waals surface area (Å²) in [7, 11) is 0. The number of amides is 1. The third-order valence-electron chi connectivity index (χ3n) is 3.48. The molecule has 1 fully saturated rings. The lowest BCUT2D eigenvalue weighted by Gasteiger charge is -2.16. The lowest BCUT2D eigenvalue weighted by molar-refractivity contribution is -0.123. The van der Waals surface area contributed by atoms with E-state index in [0.717, 1.165) is 30.7 Å². The molecule has 6 heteroatoms. The number of carbonyl (C=O) groups is 1. The predicted molar refractivity (Wildman–Crippen MR) is 88.4 cm³/mol. The van der Waals surface area contributed by atoms with Crippen molar-refractivity contribution in [1.29, 1.82) is 0 Å². The van der Waals surface area contributed by atoms with Crippen molar-refractivity contribution in [3.63, 3.8) is 0 Å². The molecular formula is C16H25ClN2O3. The van der Waals surface area contributed by atoms with Gasteiger partial charge in [0, 0.05) is 6.54 Å². The van der Waals surface area contributed by atoms with Crippen LogP contribution in [0.1, 0.15) is 38.4 Å². The molecule has 1 aliphatic heterocycles. The van der Waals surface area contributed by atoms with E-state index in [9.17, 15) is 9.90 Å². The van der Waals surface area contributed by atoms with E-state index < -0.39 is 6.10 Å². The van der Waals surface area contributed by atoms with Crippen LogP contribution in [0.25, 0.3) is 0 Å². The van der Waals surface area contributed by atoms with E-state index in [1.807, 2.05) is 38.1 Å². The fraction of sp³-hybridized carbons (Fsp3) is 0.562. The molecule has 1 aliphatic rings. The summed E-state index contributed by atoms with van der Waals surface area (Å²) in [6.07, 6.45) is 1.31. The topological polar surface area (TPSA) is 70.6 Å². The van der Waals surface area contributed by atoms with E-state index in [1.54, 1.807) is 0 Å². The zero-order chi connectivity index (χ0) is 15.2. The lowest BCUT2D eigenvalue weighted by Crippen LogP contribution is -2.41. The number of benzene rings is 1. The van der Waals surface area contributed by atoms with E-state index in [0.29, 0.717) is 0 Å². The molecule has 22 heavy (non-hydrogen) atoms. The van der Waals surface area contributed by atoms with Crippen molar-refractivity contribution in [2.45, 2.75) is 44.9 Å². The molecule has 2 unspecified atom stereocenters. The molecule has 1 saturated heterocycles. The van der Waals surface area contributed by atoms with Crippen LogP contribution in [0.4, 0.5) is 0 Å². The van der Waals surface area contributed by atoms with Gasteiger partial charge in [-0.25, -0.2) is 0 Å². The largest absolute Gasteiger partial charge is 0.491 e. The third-order valence-corrected chi connectivity index (χ3v) is 3.48. The Morgan fingerprint density at radius 2 is 2.09 bits per heavy atom. The van der Waals surface area contributed by atoms with Gasteiger partial charge < -0.3 is 20.5 Å². The first kappa shape index (κ1) is 18.7. The van der Waals surface area contributed by atoms with Gasteiger partial charge in [-0.3, -0.25) is 4.79 Å². The molecule has 0 radical (unpaired) electrons. The number of aliphatic hydroxyl groups is 1. The summed E-state index contributed by atoms with van der Waals surface area (Å²) in [5.74, 6) is 0.742. The molecule has 1 aromatic rings. The summed E-state index contributed by atoms with van der Waals surface area (Å²) < 4.78 is 5.55. The molecule has 3 N–H and O–H groups in total. The van der Waals surface area contributed by atoms with E-state index in [1.165, 1.54) is 0 Å². The van der Waals surface area contributed by atoms with Crippen LogP contribution in [0.5, 0.6) is 5.75 Å². The average molecular weight is 329 g/mol. The van der Waals surface area contributed by atoms with Crippen LogP contribution < -0.4 is 15.4 Å². The number of hydrogen-bond acceptors (Lipinski definition) is 4. The highest BCUT2D eigenvalue weighted by molar-refractivity contribution is 5.85. The fourth-order valence-electron chi connectivity index (χ4n) is 2.39. The lowest BCUT2D eigenvalue weighted by atomic mass is 10.1. The van der Waals surface area contributed by atoms with Crippen LogP contribution in [-0.2, 0) is 4.79 Å². The number of nitrogens with one attached hydrogen (secondary N) is 2. The molecule has 0 spiro atoms. The minimum absolute atomic E-state index is 0. The summed E-state index contributed by atoms with van der Waals surface area (Å²) in [6, 6.07) is 7.20. The van der Waals surface area contributed by atoms with Crippen molar-refractivity contribution in [3.05, 3.63) is 29.8 Å². The highest BCUT2D eigenvalue weighted by atomic mass is 35.5. The van der Waals surface area contributed by atoms with Crippen molar-refractivity contribution in [3.8, 4) is 5.75 Å². The second-order valence-electron chi connectivity index (χ2n) is 5.65. The first-order valence-electron chi connectivity index (χ1n) is 7.52. The molecule has 2 rings (SSSR count). The van der Waals surface area contributed by atoms with E-state index in [-0.39, 0.29) is 37.0 Å². The fourth-order valence-corrected chi connectivity index (χ4v) is 2.39. The van der Waals surface area contributed by atoms with Crippen LogP contribution in [-0.4, -0.2) is 36.2 Å². The van der Waals surface area contributed by atoms with Crippen LogP contribution in [0.3, 0.4) is 0 Å². The molecule has 0 aromatic heterocycles. The minimum Gasteiger partial charge on any atom is -0.491 e. The summed E-state index contributed by atoms with van der Waals surface area (Å²) >= 11 is 0. The van der Waals surface area contributed by atoms with Crippen molar-refractivity contribution in [2.24, 2.45) is 0 Å². The van der Waals surface area contributed by atoms with Gasteiger partial charge in [-0.05, 0) is 50.9 Å². The highest BCUT2D eigenvalue weighted by Gasteiger charge is 2.22. The second kappa shape index (κ2) is 8.98. The van der Waals surface area contributed by atoms with Gasteiger partial charge in [-0.2, -0.15) is 0 Å². The molecule has 0 aliphatic carbocycles. The standard InChI is InChI=1S/C16H24N2O3.ClH/c1-11(2)21-13-7-5-12(6-8-13)15(19)10-18-16(20)14-4-3-9-17-14;/h5-8,11,14-15,17,19H,3-4,9-10H2,1-2H3,(H,18,20);1H. The highest BCUT2D eigenvalue weighted by Crippen LogP contribution is 2.18. The van der Waals surface area contributed by atoms with Gasteiger partial charge in [0.2, 0.25) is 5.91 Å². The van der Waals surface area contributed by atoms with Gasteiger partial charge in [0.05, 0.1) is 18.2 Å². The molecule has 0 bridgehead atoms. The van der Waals surface area contributed by atoms with Crippen LogP contribution >= 0.6 is 12.4 Å². The van der Waals surface area contributed by atoms with E-state index in [4.69, 9.17) is 4.74 Å². The Kier molecular flexibility index (Phi) is 7.65. The van der Waals surface area contributed by atoms with Gasteiger partial charge in [0.25, 0.3) is 0 Å². The van der Waals surface area contributed by atoms with Crippen molar-refractivity contribution in [1.82, 2.24) is 10.6 Å². The maximum absolute atomic E-state index is 11.9. The van der Waals surface area contributed by atoms with Crippen LogP contribution in [0.15, 0.2) is 24.3 Å². The Morgan fingerprint density at radius 1 is 1.41 bits per heavy atom.